The van der Waals surface area contributed by atoms with Gasteiger partial charge in [-0.05, 0) is 6.42 Å². The molecule has 7 heteroatoms. The van der Waals surface area contributed by atoms with Gasteiger partial charge in [0, 0.05) is 6.42 Å². The lowest BCUT2D eigenvalue weighted by atomic mass is 10.3. The van der Waals surface area contributed by atoms with Crippen molar-refractivity contribution in [3.63, 3.8) is 0 Å². The van der Waals surface area contributed by atoms with E-state index in [1.54, 1.807) is 0 Å². The molecular formula is C4H8O6S. The van der Waals surface area contributed by atoms with Gasteiger partial charge < -0.3 is 5.11 Å². The third kappa shape index (κ3) is 9.34. The number of aliphatic carboxylic acids is 1. The highest BCUT2D eigenvalue weighted by Gasteiger charge is 2.04. The van der Waals surface area contributed by atoms with Gasteiger partial charge in [-0.25, -0.2) is 4.18 Å². The van der Waals surface area contributed by atoms with Gasteiger partial charge in [0.25, 0.3) is 0 Å². The van der Waals surface area contributed by atoms with E-state index in [2.05, 4.69) is 4.18 Å². The van der Waals surface area contributed by atoms with Crippen LogP contribution in [0.4, 0.5) is 0 Å². The van der Waals surface area contributed by atoms with E-state index in [4.69, 9.17) is 9.66 Å². The van der Waals surface area contributed by atoms with E-state index in [-0.39, 0.29) is 19.4 Å². The molecule has 11 heavy (non-hydrogen) atoms. The number of carboxylic acids is 1. The van der Waals surface area contributed by atoms with Crippen LogP contribution in [-0.4, -0.2) is 30.7 Å². The molecule has 0 saturated carbocycles. The standard InChI is InChI=1S/C4H8O6S/c5-4(6)2-1-3-10-11(7,8)9/h1-3H2,(H,5,6)(H,7,8,9). The van der Waals surface area contributed by atoms with Crippen molar-refractivity contribution in [3.05, 3.63) is 0 Å². The van der Waals surface area contributed by atoms with E-state index >= 15 is 0 Å². The van der Waals surface area contributed by atoms with Crippen molar-refractivity contribution in [3.8, 4) is 0 Å². The lowest BCUT2D eigenvalue weighted by molar-refractivity contribution is -0.137. The predicted octanol–water partition coefficient (Wildman–Crippen LogP) is -0.329. The van der Waals surface area contributed by atoms with Crippen LogP contribution >= 0.6 is 0 Å². The fraction of sp³-hybridized carbons (Fsp3) is 0.750. The van der Waals surface area contributed by atoms with Gasteiger partial charge in [-0.15, -0.1) is 0 Å². The topological polar surface area (TPSA) is 101 Å². The maximum absolute atomic E-state index is 9.86. The minimum atomic E-state index is -4.41. The maximum atomic E-state index is 9.86. The second-order valence-corrected chi connectivity index (χ2v) is 2.84. The highest BCUT2D eigenvalue weighted by molar-refractivity contribution is 7.80. The van der Waals surface area contributed by atoms with Crippen molar-refractivity contribution in [2.75, 3.05) is 6.61 Å². The molecule has 0 aliphatic heterocycles. The van der Waals surface area contributed by atoms with Gasteiger partial charge >= 0.3 is 16.4 Å². The fourth-order valence-corrected chi connectivity index (χ4v) is 0.716. The van der Waals surface area contributed by atoms with Gasteiger partial charge in [0.05, 0.1) is 6.61 Å². The Balaban J connectivity index is 3.37. The molecule has 0 aromatic carbocycles. The van der Waals surface area contributed by atoms with Gasteiger partial charge in [-0.1, -0.05) is 0 Å². The molecule has 0 aliphatic carbocycles. The van der Waals surface area contributed by atoms with E-state index in [1.165, 1.54) is 0 Å². The molecule has 0 aliphatic rings. The predicted molar refractivity (Wildman–Crippen MR) is 34.4 cm³/mol. The average molecular weight is 184 g/mol. The number of carbonyl (C=O) groups is 1. The minimum absolute atomic E-state index is 0.0507. The summed E-state index contributed by atoms with van der Waals surface area (Å²) in [5, 5.41) is 8.08. The average Bonchev–Trinajstić information content (AvgIpc) is 1.78. The Hall–Kier alpha value is -0.660. The van der Waals surface area contributed by atoms with Crippen molar-refractivity contribution in [2.45, 2.75) is 12.8 Å². The summed E-state index contributed by atoms with van der Waals surface area (Å²) in [4.78, 5) is 9.86. The summed E-state index contributed by atoms with van der Waals surface area (Å²) in [5.41, 5.74) is 0. The van der Waals surface area contributed by atoms with Crippen LogP contribution in [0.5, 0.6) is 0 Å². The molecule has 66 valence electrons. The lowest BCUT2D eigenvalue weighted by Gasteiger charge is -1.96. The molecule has 0 rings (SSSR count). The zero-order valence-electron chi connectivity index (χ0n) is 5.56. The van der Waals surface area contributed by atoms with E-state index in [0.29, 0.717) is 0 Å². The van der Waals surface area contributed by atoms with E-state index < -0.39 is 16.4 Å². The third-order valence-electron chi connectivity index (χ3n) is 0.767. The van der Waals surface area contributed by atoms with Crippen LogP contribution < -0.4 is 0 Å². The highest BCUT2D eigenvalue weighted by Crippen LogP contribution is 1.93. The Bertz CT molecular complexity index is 217. The van der Waals surface area contributed by atoms with Crippen LogP contribution in [0.15, 0.2) is 0 Å². The smallest absolute Gasteiger partial charge is 0.397 e. The van der Waals surface area contributed by atoms with E-state index in [1.807, 2.05) is 0 Å². The van der Waals surface area contributed by atoms with Crippen molar-refractivity contribution in [1.82, 2.24) is 0 Å². The molecule has 0 bridgehead atoms. The van der Waals surface area contributed by atoms with Gasteiger partial charge in [0.15, 0.2) is 0 Å². The molecule has 0 heterocycles. The Kier molecular flexibility index (Phi) is 4.01. The van der Waals surface area contributed by atoms with Crippen LogP contribution in [0.2, 0.25) is 0 Å². The zero-order valence-corrected chi connectivity index (χ0v) is 6.37. The van der Waals surface area contributed by atoms with Gasteiger partial charge in [0.1, 0.15) is 0 Å². The summed E-state index contributed by atoms with van der Waals surface area (Å²) in [5.74, 6) is -1.04. The van der Waals surface area contributed by atoms with Crippen molar-refractivity contribution < 1.29 is 27.1 Å². The van der Waals surface area contributed by atoms with Crippen molar-refractivity contribution in [1.29, 1.82) is 0 Å². The van der Waals surface area contributed by atoms with E-state index in [9.17, 15) is 13.2 Å². The van der Waals surface area contributed by atoms with E-state index in [0.717, 1.165) is 0 Å². The molecular weight excluding hydrogens is 176 g/mol. The third-order valence-corrected chi connectivity index (χ3v) is 1.23. The van der Waals surface area contributed by atoms with Crippen LogP contribution in [0.1, 0.15) is 12.8 Å². The van der Waals surface area contributed by atoms with Gasteiger partial charge in [0.2, 0.25) is 0 Å². The first-order valence-corrected chi connectivity index (χ1v) is 4.12. The Morgan fingerprint density at radius 2 is 2.00 bits per heavy atom. The van der Waals surface area contributed by atoms with Crippen molar-refractivity contribution in [2.24, 2.45) is 0 Å². The first-order chi connectivity index (χ1) is 4.92. The Morgan fingerprint density at radius 1 is 1.45 bits per heavy atom. The van der Waals surface area contributed by atoms with Crippen molar-refractivity contribution >= 4 is 16.4 Å². The molecule has 6 nitrogen and oxygen atoms in total. The summed E-state index contributed by atoms with van der Waals surface area (Å²) in [6, 6.07) is 0. The SMILES string of the molecule is O=C(O)CCCOS(=O)(=O)O. The molecule has 0 aromatic heterocycles. The van der Waals surface area contributed by atoms with Crippen LogP contribution in [0.3, 0.4) is 0 Å². The Labute approximate surface area is 63.7 Å². The van der Waals surface area contributed by atoms with Crippen LogP contribution in [-0.2, 0) is 19.4 Å². The fourth-order valence-electron chi connectivity index (χ4n) is 0.388. The monoisotopic (exact) mass is 184 g/mol. The maximum Gasteiger partial charge on any atom is 0.397 e. The molecule has 0 amide bonds. The molecule has 0 unspecified atom stereocenters. The quantitative estimate of drug-likeness (QED) is 0.448. The zero-order chi connectivity index (χ0) is 8.91. The number of carboxylic acid groups (broad SMARTS) is 1. The first kappa shape index (κ1) is 10.3. The minimum Gasteiger partial charge on any atom is -0.481 e. The summed E-state index contributed by atoms with van der Waals surface area (Å²) < 4.78 is 31.6. The number of hydrogen-bond acceptors (Lipinski definition) is 4. The normalized spacial score (nSPS) is 11.4. The second kappa shape index (κ2) is 4.27. The van der Waals surface area contributed by atoms with Gasteiger partial charge in [-0.2, -0.15) is 8.42 Å². The molecule has 0 radical (unpaired) electrons. The molecule has 0 fully saturated rings. The molecule has 0 saturated heterocycles. The highest BCUT2D eigenvalue weighted by atomic mass is 32.3. The number of hydrogen-bond donors (Lipinski definition) is 2. The van der Waals surface area contributed by atoms with Gasteiger partial charge in [-0.3, -0.25) is 9.35 Å². The second-order valence-electron chi connectivity index (χ2n) is 1.75. The molecule has 2 N–H and O–H groups in total. The van der Waals surface area contributed by atoms with Crippen LogP contribution in [0, 0.1) is 0 Å². The molecule has 0 aromatic rings. The summed E-state index contributed by atoms with van der Waals surface area (Å²) in [7, 11) is -4.41. The first-order valence-electron chi connectivity index (χ1n) is 2.75. The van der Waals surface area contributed by atoms with Crippen LogP contribution in [0.25, 0.3) is 0 Å². The lowest BCUT2D eigenvalue weighted by Crippen LogP contribution is -2.06. The largest absolute Gasteiger partial charge is 0.481 e. The molecule has 0 spiro atoms. The molecule has 0 atom stereocenters. The Morgan fingerprint density at radius 3 is 2.36 bits per heavy atom. The summed E-state index contributed by atoms with van der Waals surface area (Å²) in [6.07, 6.45) is -0.134. The number of rotatable bonds is 5. The summed E-state index contributed by atoms with van der Waals surface area (Å²) in [6.45, 7) is -0.314. The summed E-state index contributed by atoms with van der Waals surface area (Å²) >= 11 is 0.